The highest BCUT2D eigenvalue weighted by Crippen LogP contribution is 2.44. The number of fused-ring (bicyclic) bond motifs is 3. The normalized spacial score (nSPS) is 12.6. The van der Waals surface area contributed by atoms with Crippen LogP contribution < -0.4 is 37.3 Å². The predicted molar refractivity (Wildman–Crippen MR) is 241 cm³/mol. The molecule has 0 bridgehead atoms. The number of primary amides is 1. The summed E-state index contributed by atoms with van der Waals surface area (Å²) in [5.41, 5.74) is 14.1. The van der Waals surface area contributed by atoms with Crippen molar-refractivity contribution in [2.45, 2.75) is 96.1 Å². The zero-order valence-electron chi connectivity index (χ0n) is 37.7. The van der Waals surface area contributed by atoms with E-state index in [0.29, 0.717) is 91.4 Å². The number of alkyl carbamates (subject to hydrolysis) is 1. The first kappa shape index (κ1) is 54.0. The highest BCUT2D eigenvalue weighted by Gasteiger charge is 2.29. The summed E-state index contributed by atoms with van der Waals surface area (Å²) in [6.45, 7) is 8.55. The molecule has 0 aromatic heterocycles. The molecule has 2 aromatic rings. The molecule has 2 aromatic carbocycles. The number of ether oxygens (including phenoxy) is 5. The van der Waals surface area contributed by atoms with Gasteiger partial charge in [-0.1, -0.05) is 48.5 Å². The minimum atomic E-state index is -3.90. The largest absolute Gasteiger partial charge is 0.448 e. The van der Waals surface area contributed by atoms with Crippen LogP contribution in [0.3, 0.4) is 0 Å². The van der Waals surface area contributed by atoms with Crippen molar-refractivity contribution in [3.05, 3.63) is 59.7 Å². The van der Waals surface area contributed by atoms with E-state index in [1.165, 1.54) is 0 Å². The van der Waals surface area contributed by atoms with Crippen molar-refractivity contribution in [2.75, 3.05) is 71.6 Å². The summed E-state index contributed by atoms with van der Waals surface area (Å²) >= 11 is 0. The van der Waals surface area contributed by atoms with Crippen LogP contribution in [0.15, 0.2) is 48.5 Å². The molecule has 6 amide bonds. The average molecular weight is 934 g/mol. The van der Waals surface area contributed by atoms with Crippen LogP contribution in [0.1, 0.15) is 95.6 Å². The predicted octanol–water partition coefficient (Wildman–Crippen LogP) is 2.65. The van der Waals surface area contributed by atoms with Crippen LogP contribution in [0, 0.1) is 0 Å². The molecular weight excluding hydrogens is 867 g/mol. The standard InChI is InChI=1S/C44H67N7O13S/c1-44(2,3)64-42(56)48-21-9-8-17-37(49-50-43(57)63-31-36-34-15-6-4-13-32(34)33-14-5-7-16-35(33)36)41(55)47-23-12-25-61-27-29-62-28-26-60-24-11-22-46-39(53)19-20-40(54)51-65(58,59)30-10-18-38(45)52/h4-7,13-16,36-37,49H,8-12,17-31H2,1-3H3,(H2,45,52)(H,46,53)(H,47,55)(H,48,56)(H,50,57)(H,51,54)/t37-/m0/s1. The van der Waals surface area contributed by atoms with Crippen LogP contribution in [0.4, 0.5) is 9.59 Å². The molecule has 65 heavy (non-hydrogen) atoms. The van der Waals surface area contributed by atoms with E-state index in [2.05, 4.69) is 38.9 Å². The maximum atomic E-state index is 13.2. The van der Waals surface area contributed by atoms with E-state index < -0.39 is 57.3 Å². The molecule has 0 aliphatic heterocycles. The highest BCUT2D eigenvalue weighted by molar-refractivity contribution is 7.90. The quantitative estimate of drug-likeness (QED) is 0.0411. The van der Waals surface area contributed by atoms with Crippen molar-refractivity contribution in [3.63, 3.8) is 0 Å². The fourth-order valence-corrected chi connectivity index (χ4v) is 7.58. The molecule has 0 spiro atoms. The number of hydrogen-bond donors (Lipinski definition) is 7. The Morgan fingerprint density at radius 3 is 1.82 bits per heavy atom. The number of benzene rings is 2. The summed E-state index contributed by atoms with van der Waals surface area (Å²) in [5.74, 6) is -2.71. The summed E-state index contributed by atoms with van der Waals surface area (Å²) in [6.07, 6.45) is 0.709. The van der Waals surface area contributed by atoms with Gasteiger partial charge >= 0.3 is 12.2 Å². The monoisotopic (exact) mass is 933 g/mol. The lowest BCUT2D eigenvalue weighted by Crippen LogP contribution is -2.52. The minimum Gasteiger partial charge on any atom is -0.448 e. The molecule has 1 aliphatic rings. The topological polar surface area (TPSA) is 281 Å². The Morgan fingerprint density at radius 1 is 0.662 bits per heavy atom. The van der Waals surface area contributed by atoms with Gasteiger partial charge in [0.2, 0.25) is 33.7 Å². The Balaban J connectivity index is 1.25. The molecule has 1 atom stereocenters. The second kappa shape index (κ2) is 29.2. The molecule has 0 saturated carbocycles. The summed E-state index contributed by atoms with van der Waals surface area (Å²) in [5, 5.41) is 8.23. The van der Waals surface area contributed by atoms with E-state index in [1.807, 2.05) is 41.1 Å². The van der Waals surface area contributed by atoms with Gasteiger partial charge in [-0.3, -0.25) is 29.3 Å². The molecule has 21 heteroatoms. The Kier molecular flexibility index (Phi) is 24.3. The molecule has 0 unspecified atom stereocenters. The summed E-state index contributed by atoms with van der Waals surface area (Å²) in [4.78, 5) is 72.6. The summed E-state index contributed by atoms with van der Waals surface area (Å²) < 4.78 is 53.1. The van der Waals surface area contributed by atoms with Crippen molar-refractivity contribution in [3.8, 4) is 11.1 Å². The first-order valence-electron chi connectivity index (χ1n) is 22.0. The van der Waals surface area contributed by atoms with Gasteiger partial charge in [0.1, 0.15) is 18.2 Å². The van der Waals surface area contributed by atoms with Crippen LogP contribution in [0.2, 0.25) is 0 Å². The van der Waals surface area contributed by atoms with Gasteiger partial charge in [0, 0.05) is 58.0 Å². The summed E-state index contributed by atoms with van der Waals surface area (Å²) in [6, 6.07) is 15.3. The second-order valence-corrected chi connectivity index (χ2v) is 18.0. The van der Waals surface area contributed by atoms with E-state index >= 15 is 0 Å². The fourth-order valence-electron chi connectivity index (χ4n) is 6.51. The van der Waals surface area contributed by atoms with Crippen molar-refractivity contribution in [2.24, 2.45) is 5.73 Å². The number of unbranched alkanes of at least 4 members (excludes halogenated alkanes) is 1. The Hall–Kier alpha value is -5.35. The first-order chi connectivity index (χ1) is 31.0. The number of nitrogens with two attached hydrogens (primary N) is 1. The van der Waals surface area contributed by atoms with Crippen molar-refractivity contribution in [1.29, 1.82) is 0 Å². The Labute approximate surface area is 381 Å². The minimum absolute atomic E-state index is 0.00748. The zero-order chi connectivity index (χ0) is 47.5. The molecule has 20 nitrogen and oxygen atoms in total. The lowest BCUT2D eigenvalue weighted by atomic mass is 9.98. The smallest absolute Gasteiger partial charge is 0.421 e. The number of sulfonamides is 1. The van der Waals surface area contributed by atoms with E-state index in [-0.39, 0.29) is 44.1 Å². The van der Waals surface area contributed by atoms with Crippen LogP contribution in [0.25, 0.3) is 11.1 Å². The fraction of sp³-hybridized carbons (Fsp3) is 0.591. The number of rotatable bonds is 32. The zero-order valence-corrected chi connectivity index (χ0v) is 38.5. The van der Waals surface area contributed by atoms with Gasteiger partial charge in [0.25, 0.3) is 0 Å². The van der Waals surface area contributed by atoms with Gasteiger partial charge < -0.3 is 45.4 Å². The van der Waals surface area contributed by atoms with E-state index in [0.717, 1.165) is 22.3 Å². The maximum Gasteiger partial charge on any atom is 0.421 e. The lowest BCUT2D eigenvalue weighted by Gasteiger charge is -2.21. The van der Waals surface area contributed by atoms with Gasteiger partial charge in [0.15, 0.2) is 0 Å². The SMILES string of the molecule is CC(C)(C)OC(=O)NCCCC[C@H](NNC(=O)OCC1c2ccccc2-c2ccccc21)C(=O)NCCCOCCOCCOCCCNC(=O)CCC(=O)NS(=O)(=O)CCCC(N)=O. The molecule has 1 aliphatic carbocycles. The summed E-state index contributed by atoms with van der Waals surface area (Å²) in [7, 11) is -3.90. The highest BCUT2D eigenvalue weighted by atomic mass is 32.2. The number of carbonyl (C=O) groups is 6. The number of hydrazine groups is 1. The molecule has 362 valence electrons. The van der Waals surface area contributed by atoms with Gasteiger partial charge in [0.05, 0.1) is 32.2 Å². The Bertz CT molecular complexity index is 1900. The molecular formula is C44H67N7O13S. The van der Waals surface area contributed by atoms with Crippen LogP contribution >= 0.6 is 0 Å². The lowest BCUT2D eigenvalue weighted by molar-refractivity contribution is -0.125. The number of carbonyl (C=O) groups excluding carboxylic acids is 6. The number of amides is 6. The third-order valence-electron chi connectivity index (χ3n) is 9.58. The van der Waals surface area contributed by atoms with E-state index in [9.17, 15) is 37.2 Å². The van der Waals surface area contributed by atoms with Crippen LogP contribution in [0.5, 0.6) is 0 Å². The van der Waals surface area contributed by atoms with Crippen molar-refractivity contribution < 1.29 is 60.9 Å². The number of hydrogen-bond acceptors (Lipinski definition) is 14. The molecule has 0 saturated heterocycles. The molecule has 0 fully saturated rings. The molecule has 0 radical (unpaired) electrons. The van der Waals surface area contributed by atoms with E-state index in [4.69, 9.17) is 29.4 Å². The van der Waals surface area contributed by atoms with Gasteiger partial charge in [-0.25, -0.2) is 23.4 Å². The second-order valence-electron chi connectivity index (χ2n) is 16.2. The average Bonchev–Trinajstić information content (AvgIpc) is 3.56. The van der Waals surface area contributed by atoms with Gasteiger partial charge in [-0.2, -0.15) is 0 Å². The van der Waals surface area contributed by atoms with Crippen LogP contribution in [-0.4, -0.2) is 128 Å². The third kappa shape index (κ3) is 22.9. The Morgan fingerprint density at radius 2 is 1.22 bits per heavy atom. The number of nitrogens with one attached hydrogen (secondary N) is 6. The maximum absolute atomic E-state index is 13.2. The molecule has 0 heterocycles. The molecule has 8 N–H and O–H groups in total. The van der Waals surface area contributed by atoms with Gasteiger partial charge in [-0.15, -0.1) is 0 Å². The van der Waals surface area contributed by atoms with Crippen molar-refractivity contribution in [1.82, 2.24) is 31.5 Å². The van der Waals surface area contributed by atoms with Crippen molar-refractivity contribution >= 4 is 45.8 Å². The van der Waals surface area contributed by atoms with Gasteiger partial charge in [-0.05, 0) is 81.5 Å². The third-order valence-corrected chi connectivity index (χ3v) is 10.9. The molecule has 3 rings (SSSR count). The van der Waals surface area contributed by atoms with Crippen LogP contribution in [-0.2, 0) is 52.9 Å². The van der Waals surface area contributed by atoms with E-state index in [1.54, 1.807) is 20.8 Å². The first-order valence-corrected chi connectivity index (χ1v) is 23.6.